The van der Waals surface area contributed by atoms with Crippen molar-refractivity contribution in [2.24, 2.45) is 0 Å². The van der Waals surface area contributed by atoms with Crippen LogP contribution >= 0.6 is 0 Å². The molecule has 0 saturated heterocycles. The van der Waals surface area contributed by atoms with Crippen molar-refractivity contribution < 1.29 is 4.52 Å². The van der Waals surface area contributed by atoms with Gasteiger partial charge in [0.2, 0.25) is 5.88 Å². The molecule has 0 saturated carbocycles. The summed E-state index contributed by atoms with van der Waals surface area (Å²) in [4.78, 5) is 0. The van der Waals surface area contributed by atoms with E-state index in [0.717, 1.165) is 16.8 Å². The molecular weight excluding hydrogens is 128 g/mol. The minimum Gasteiger partial charge on any atom is -0.367 e. The van der Waals surface area contributed by atoms with Gasteiger partial charge in [-0.25, -0.2) is 0 Å². The van der Waals surface area contributed by atoms with Crippen molar-refractivity contribution >= 4 is 11.5 Å². The average Bonchev–Trinajstić information content (AvgIpc) is 2.11. The van der Waals surface area contributed by atoms with Gasteiger partial charge in [0.25, 0.3) is 0 Å². The number of rotatable bonds is 1. The Balaban J connectivity index is 3.23. The zero-order valence-electron chi connectivity index (χ0n) is 6.14. The van der Waals surface area contributed by atoms with E-state index in [1.54, 1.807) is 0 Å². The van der Waals surface area contributed by atoms with Crippen molar-refractivity contribution in [3.8, 4) is 0 Å². The van der Waals surface area contributed by atoms with Gasteiger partial charge in [-0.2, -0.15) is 0 Å². The van der Waals surface area contributed by atoms with E-state index >= 15 is 0 Å². The minimum absolute atomic E-state index is 0.352. The highest BCUT2D eigenvalue weighted by Gasteiger charge is 2.08. The lowest BCUT2D eigenvalue weighted by atomic mass is 10.1. The Kier molecular flexibility index (Phi) is 1.49. The fraction of sp³-hybridized carbons (Fsp3) is 0.286. The largest absolute Gasteiger partial charge is 0.367 e. The first-order valence-corrected chi connectivity index (χ1v) is 3.00. The lowest BCUT2D eigenvalue weighted by molar-refractivity contribution is 0.431. The van der Waals surface area contributed by atoms with E-state index in [-0.39, 0.29) is 0 Å². The summed E-state index contributed by atoms with van der Waals surface area (Å²) in [7, 11) is 0. The van der Waals surface area contributed by atoms with E-state index in [2.05, 4.69) is 11.7 Å². The Labute approximate surface area is 59.5 Å². The van der Waals surface area contributed by atoms with Crippen LogP contribution in [0.4, 0.5) is 5.88 Å². The van der Waals surface area contributed by atoms with Gasteiger partial charge in [-0.15, -0.1) is 0 Å². The molecule has 3 nitrogen and oxygen atoms in total. The fourth-order valence-corrected chi connectivity index (χ4v) is 0.906. The van der Waals surface area contributed by atoms with Crippen molar-refractivity contribution in [3.63, 3.8) is 0 Å². The summed E-state index contributed by atoms with van der Waals surface area (Å²) < 4.78 is 4.72. The van der Waals surface area contributed by atoms with E-state index in [1.807, 2.05) is 13.8 Å². The summed E-state index contributed by atoms with van der Waals surface area (Å²) >= 11 is 0. The standard InChI is InChI=1S/C7H10N2O/c1-4(2)6-5(3)9-10-7(6)8/h1,8H2,2-3H3. The van der Waals surface area contributed by atoms with Gasteiger partial charge in [-0.1, -0.05) is 11.7 Å². The maximum atomic E-state index is 5.45. The molecule has 1 aromatic heterocycles. The van der Waals surface area contributed by atoms with E-state index in [9.17, 15) is 0 Å². The number of aryl methyl sites for hydroxylation is 1. The smallest absolute Gasteiger partial charge is 0.229 e. The number of nitrogens with two attached hydrogens (primary N) is 1. The fourth-order valence-electron chi connectivity index (χ4n) is 0.906. The molecule has 0 fully saturated rings. The number of aromatic nitrogens is 1. The van der Waals surface area contributed by atoms with Gasteiger partial charge in [0.15, 0.2) is 0 Å². The number of allylic oxidation sites excluding steroid dienone is 1. The molecule has 3 heteroatoms. The SMILES string of the molecule is C=C(C)c1c(C)noc1N. The molecule has 0 radical (unpaired) electrons. The lowest BCUT2D eigenvalue weighted by Gasteiger charge is -1.93. The summed E-state index contributed by atoms with van der Waals surface area (Å²) in [5, 5.41) is 3.68. The Morgan fingerprint density at radius 3 is 2.50 bits per heavy atom. The van der Waals surface area contributed by atoms with Gasteiger partial charge in [-0.3, -0.25) is 0 Å². The number of anilines is 1. The van der Waals surface area contributed by atoms with Crippen molar-refractivity contribution in [3.05, 3.63) is 17.8 Å². The Morgan fingerprint density at radius 2 is 2.30 bits per heavy atom. The summed E-state index contributed by atoms with van der Waals surface area (Å²) in [6.07, 6.45) is 0. The molecule has 0 aliphatic heterocycles. The predicted molar refractivity (Wildman–Crippen MR) is 40.4 cm³/mol. The third-order valence-electron chi connectivity index (χ3n) is 1.32. The third kappa shape index (κ3) is 0.900. The van der Waals surface area contributed by atoms with Crippen molar-refractivity contribution in [2.45, 2.75) is 13.8 Å². The molecule has 0 aliphatic carbocycles. The normalized spacial score (nSPS) is 9.80. The van der Waals surface area contributed by atoms with Gasteiger partial charge in [-0.05, 0) is 19.4 Å². The lowest BCUT2D eigenvalue weighted by Crippen LogP contribution is -1.87. The zero-order valence-corrected chi connectivity index (χ0v) is 6.14. The molecule has 0 aromatic carbocycles. The van der Waals surface area contributed by atoms with Crippen LogP contribution in [0.3, 0.4) is 0 Å². The topological polar surface area (TPSA) is 52.0 Å². The average molecular weight is 138 g/mol. The molecule has 0 unspecified atom stereocenters. The quantitative estimate of drug-likeness (QED) is 0.641. The molecular formula is C7H10N2O. The molecule has 1 heterocycles. The first-order valence-electron chi connectivity index (χ1n) is 3.00. The summed E-state index contributed by atoms with van der Waals surface area (Å²) in [5.74, 6) is 0.352. The first kappa shape index (κ1) is 6.86. The maximum absolute atomic E-state index is 5.45. The van der Waals surface area contributed by atoms with E-state index in [4.69, 9.17) is 10.3 Å². The Bertz CT molecular complexity index is 243. The summed E-state index contributed by atoms with van der Waals surface area (Å²) in [6.45, 7) is 7.45. The second kappa shape index (κ2) is 2.17. The van der Waals surface area contributed by atoms with Crippen LogP contribution < -0.4 is 5.73 Å². The summed E-state index contributed by atoms with van der Waals surface area (Å²) in [6, 6.07) is 0. The van der Waals surface area contributed by atoms with Gasteiger partial charge in [0, 0.05) is 0 Å². The van der Waals surface area contributed by atoms with Crippen LogP contribution in [-0.2, 0) is 0 Å². The van der Waals surface area contributed by atoms with Crippen LogP contribution in [0.2, 0.25) is 0 Å². The van der Waals surface area contributed by atoms with Gasteiger partial charge in [0.1, 0.15) is 0 Å². The van der Waals surface area contributed by atoms with Crippen LogP contribution in [0, 0.1) is 6.92 Å². The number of nitrogen functional groups attached to an aromatic ring is 1. The molecule has 0 atom stereocenters. The Morgan fingerprint density at radius 1 is 1.70 bits per heavy atom. The van der Waals surface area contributed by atoms with Crippen LogP contribution in [0.25, 0.3) is 5.57 Å². The predicted octanol–water partition coefficient (Wildman–Crippen LogP) is 1.60. The van der Waals surface area contributed by atoms with Crippen molar-refractivity contribution in [1.29, 1.82) is 0 Å². The van der Waals surface area contributed by atoms with E-state index in [1.165, 1.54) is 0 Å². The number of nitrogens with zero attached hydrogens (tertiary/aromatic N) is 1. The molecule has 0 spiro atoms. The van der Waals surface area contributed by atoms with Crippen LogP contribution in [0.1, 0.15) is 18.2 Å². The molecule has 54 valence electrons. The van der Waals surface area contributed by atoms with Crippen LogP contribution in [0.5, 0.6) is 0 Å². The number of hydrogen-bond acceptors (Lipinski definition) is 3. The molecule has 0 aliphatic rings. The van der Waals surface area contributed by atoms with E-state index in [0.29, 0.717) is 5.88 Å². The molecule has 10 heavy (non-hydrogen) atoms. The van der Waals surface area contributed by atoms with Gasteiger partial charge in [0.05, 0.1) is 11.3 Å². The van der Waals surface area contributed by atoms with Gasteiger partial charge >= 0.3 is 0 Å². The third-order valence-corrected chi connectivity index (χ3v) is 1.32. The van der Waals surface area contributed by atoms with E-state index < -0.39 is 0 Å². The highest BCUT2D eigenvalue weighted by atomic mass is 16.5. The van der Waals surface area contributed by atoms with Crippen LogP contribution in [-0.4, -0.2) is 5.16 Å². The summed E-state index contributed by atoms with van der Waals surface area (Å²) in [5.41, 5.74) is 7.97. The molecule has 1 aromatic rings. The monoisotopic (exact) mass is 138 g/mol. The minimum atomic E-state index is 0.352. The highest BCUT2D eigenvalue weighted by Crippen LogP contribution is 2.22. The zero-order chi connectivity index (χ0) is 7.72. The first-order chi connectivity index (χ1) is 4.63. The highest BCUT2D eigenvalue weighted by molar-refractivity contribution is 5.70. The van der Waals surface area contributed by atoms with Gasteiger partial charge < -0.3 is 10.3 Å². The second-order valence-electron chi connectivity index (χ2n) is 2.29. The maximum Gasteiger partial charge on any atom is 0.229 e. The molecule has 0 bridgehead atoms. The van der Waals surface area contributed by atoms with Crippen molar-refractivity contribution in [2.75, 3.05) is 5.73 Å². The Hall–Kier alpha value is -1.25. The van der Waals surface area contributed by atoms with Crippen LogP contribution in [0.15, 0.2) is 11.1 Å². The molecule has 1 rings (SSSR count). The molecule has 2 N–H and O–H groups in total. The molecule has 0 amide bonds. The number of hydrogen-bond donors (Lipinski definition) is 1. The van der Waals surface area contributed by atoms with Crippen molar-refractivity contribution in [1.82, 2.24) is 5.16 Å². The second-order valence-corrected chi connectivity index (χ2v) is 2.29.